The maximum absolute atomic E-state index is 12.4. The van der Waals surface area contributed by atoms with Gasteiger partial charge < -0.3 is 0 Å². The third-order valence-corrected chi connectivity index (χ3v) is 5.05. The van der Waals surface area contributed by atoms with Gasteiger partial charge in [-0.1, -0.05) is 44.0 Å². The Bertz CT molecular complexity index is 633. The molecule has 0 N–H and O–H groups in total. The summed E-state index contributed by atoms with van der Waals surface area (Å²) >= 11 is 0. The number of benzene rings is 1. The van der Waals surface area contributed by atoms with Gasteiger partial charge in [-0.15, -0.1) is 6.58 Å². The molecule has 0 bridgehead atoms. The number of rotatable bonds is 7. The molecule has 0 radical (unpaired) electrons. The molecule has 1 atom stereocenters. The van der Waals surface area contributed by atoms with Crippen LogP contribution in [0.15, 0.2) is 47.9 Å². The summed E-state index contributed by atoms with van der Waals surface area (Å²) in [5.74, 6) is 0. The Morgan fingerprint density at radius 3 is 2.05 bits per heavy atom. The van der Waals surface area contributed by atoms with Crippen molar-refractivity contribution in [2.24, 2.45) is 0 Å². The maximum Gasteiger partial charge on any atom is 0.317 e. The van der Waals surface area contributed by atoms with E-state index in [1.807, 2.05) is 6.07 Å². The fraction of sp³-hybridized carbons (Fsp3) is 0.429. The quantitative estimate of drug-likeness (QED) is 0.517. The Morgan fingerprint density at radius 1 is 1.14 bits per heavy atom. The average Bonchev–Trinajstić information content (AvgIpc) is 2.42. The van der Waals surface area contributed by atoms with Crippen LogP contribution in [0.3, 0.4) is 0 Å². The molecule has 8 heteroatoms. The molecule has 1 aromatic rings. The molecule has 0 spiro atoms. The van der Waals surface area contributed by atoms with Gasteiger partial charge in [0.05, 0.1) is 10.1 Å². The number of sulfone groups is 1. The van der Waals surface area contributed by atoms with E-state index in [4.69, 9.17) is 8.42 Å². The lowest BCUT2D eigenvalue weighted by molar-refractivity contribution is 0.563. The molecule has 0 aliphatic carbocycles. The second-order valence-corrected chi connectivity index (χ2v) is 10.4. The van der Waals surface area contributed by atoms with E-state index < -0.39 is 18.1 Å². The van der Waals surface area contributed by atoms with Gasteiger partial charge in [-0.3, -0.25) is 0 Å². The summed E-state index contributed by atoms with van der Waals surface area (Å²) in [6.45, 7) is 5.72. The third kappa shape index (κ3) is 9.46. The van der Waals surface area contributed by atoms with Crippen molar-refractivity contribution in [1.29, 1.82) is 0 Å². The Kier molecular flexibility index (Phi) is 10.00. The predicted molar refractivity (Wildman–Crippen MR) is 92.4 cm³/mol. The molecule has 0 fully saturated rings. The zero-order valence-corrected chi connectivity index (χ0v) is 15.4. The summed E-state index contributed by atoms with van der Waals surface area (Å²) in [6, 6.07) is 8.68. The smallest absolute Gasteiger partial charge is 0.223 e. The summed E-state index contributed by atoms with van der Waals surface area (Å²) in [5, 5.41) is -0.331. The summed E-state index contributed by atoms with van der Waals surface area (Å²) in [6.07, 6.45) is 4.88. The van der Waals surface area contributed by atoms with E-state index in [1.165, 1.54) is 0 Å². The first-order valence-corrected chi connectivity index (χ1v) is 11.3. The third-order valence-electron chi connectivity index (χ3n) is 2.82. The molecule has 0 amide bonds. The lowest BCUT2D eigenvalue weighted by Gasteiger charge is -2.15. The molecular formula is C14H20Cl2O4S2. The fourth-order valence-corrected chi connectivity index (χ4v) is 3.61. The first-order valence-electron chi connectivity index (χ1n) is 6.67. The van der Waals surface area contributed by atoms with E-state index >= 15 is 0 Å². The number of hydrogen-bond acceptors (Lipinski definition) is 4. The highest BCUT2D eigenvalue weighted by Crippen LogP contribution is 2.22. The lowest BCUT2D eigenvalue weighted by atomic mass is 10.1. The monoisotopic (exact) mass is 386 g/mol. The highest BCUT2D eigenvalue weighted by molar-refractivity contribution is 8.31. The highest BCUT2D eigenvalue weighted by atomic mass is 36.0. The largest absolute Gasteiger partial charge is 0.317 e. The van der Waals surface area contributed by atoms with E-state index in [9.17, 15) is 8.42 Å². The van der Waals surface area contributed by atoms with Gasteiger partial charge in [0.25, 0.3) is 0 Å². The molecule has 1 aromatic carbocycles. The Morgan fingerprint density at radius 2 is 1.64 bits per heavy atom. The molecule has 0 aliphatic rings. The van der Waals surface area contributed by atoms with Crippen LogP contribution in [0.2, 0.25) is 0 Å². The van der Waals surface area contributed by atoms with Crippen LogP contribution in [0.5, 0.6) is 0 Å². The van der Waals surface area contributed by atoms with E-state index in [-0.39, 0.29) is 5.25 Å². The van der Waals surface area contributed by atoms with Crippen molar-refractivity contribution in [2.75, 3.05) is 0 Å². The van der Waals surface area contributed by atoms with E-state index in [1.54, 1.807) is 30.3 Å². The number of halogens is 2. The second kappa shape index (κ2) is 10.3. The zero-order valence-electron chi connectivity index (χ0n) is 12.3. The number of hydrogen-bond donors (Lipinski definition) is 0. The first kappa shape index (κ1) is 21.4. The van der Waals surface area contributed by atoms with E-state index in [0.717, 1.165) is 12.8 Å². The molecule has 0 aliphatic heterocycles. The molecule has 1 rings (SSSR count). The maximum atomic E-state index is 12.4. The molecular weight excluding hydrogens is 367 g/mol. The van der Waals surface area contributed by atoms with Crippen molar-refractivity contribution >= 4 is 39.5 Å². The minimum absolute atomic E-state index is 0.331. The van der Waals surface area contributed by atoms with Gasteiger partial charge in [-0.05, 0) is 25.0 Å². The SMILES string of the molecule is C=CCC(CCCC)S(=O)(=O)c1ccccc1.O=S(=O)(Cl)Cl. The molecule has 0 aromatic heterocycles. The van der Waals surface area contributed by atoms with Gasteiger partial charge >= 0.3 is 8.26 Å². The van der Waals surface area contributed by atoms with E-state index in [2.05, 4.69) is 34.9 Å². The number of unbranched alkanes of at least 4 members (excludes halogenated alkanes) is 1. The van der Waals surface area contributed by atoms with Crippen LogP contribution in [0, 0.1) is 0 Å². The molecule has 1 unspecified atom stereocenters. The number of allylic oxidation sites excluding steroid dienone is 1. The van der Waals surface area contributed by atoms with Crippen LogP contribution >= 0.6 is 21.4 Å². The van der Waals surface area contributed by atoms with Crippen molar-refractivity contribution in [1.82, 2.24) is 0 Å². The van der Waals surface area contributed by atoms with Crippen LogP contribution in [0.25, 0.3) is 0 Å². The Hall–Kier alpha value is -0.560. The van der Waals surface area contributed by atoms with Gasteiger partial charge in [0.2, 0.25) is 0 Å². The van der Waals surface area contributed by atoms with Crippen LogP contribution in [-0.2, 0) is 18.1 Å². The Balaban J connectivity index is 0.000000763. The summed E-state index contributed by atoms with van der Waals surface area (Å²) in [7, 11) is 1.61. The minimum atomic E-state index is -3.72. The van der Waals surface area contributed by atoms with Crippen molar-refractivity contribution in [3.63, 3.8) is 0 Å². The summed E-state index contributed by atoms with van der Waals surface area (Å²) in [5.41, 5.74) is 0. The van der Waals surface area contributed by atoms with Gasteiger partial charge in [0, 0.05) is 21.4 Å². The van der Waals surface area contributed by atoms with Crippen LogP contribution < -0.4 is 0 Å². The Labute approximate surface area is 142 Å². The summed E-state index contributed by atoms with van der Waals surface area (Å²) < 4.78 is 43.1. The molecule has 22 heavy (non-hydrogen) atoms. The van der Waals surface area contributed by atoms with Crippen molar-refractivity contribution < 1.29 is 16.8 Å². The van der Waals surface area contributed by atoms with Crippen LogP contribution in [0.4, 0.5) is 0 Å². The molecule has 126 valence electrons. The summed E-state index contributed by atoms with van der Waals surface area (Å²) in [4.78, 5) is 0.419. The first-order chi connectivity index (χ1) is 10.1. The minimum Gasteiger partial charge on any atom is -0.223 e. The molecule has 0 saturated heterocycles. The zero-order chi connectivity index (χ0) is 17.2. The highest BCUT2D eigenvalue weighted by Gasteiger charge is 2.25. The molecule has 0 saturated carbocycles. The van der Waals surface area contributed by atoms with Gasteiger partial charge in [-0.2, -0.15) is 8.42 Å². The second-order valence-electron chi connectivity index (χ2n) is 4.53. The fourth-order valence-electron chi connectivity index (χ4n) is 1.82. The van der Waals surface area contributed by atoms with Crippen molar-refractivity contribution in [3.05, 3.63) is 43.0 Å². The van der Waals surface area contributed by atoms with Crippen LogP contribution in [0.1, 0.15) is 32.6 Å². The lowest BCUT2D eigenvalue weighted by Crippen LogP contribution is -2.21. The van der Waals surface area contributed by atoms with Gasteiger partial charge in [0.15, 0.2) is 9.84 Å². The average molecular weight is 387 g/mol. The van der Waals surface area contributed by atoms with Gasteiger partial charge in [0.1, 0.15) is 0 Å². The normalized spacial score (nSPS) is 12.9. The van der Waals surface area contributed by atoms with E-state index in [0.29, 0.717) is 17.7 Å². The van der Waals surface area contributed by atoms with Crippen molar-refractivity contribution in [3.8, 4) is 0 Å². The predicted octanol–water partition coefficient (Wildman–Crippen LogP) is 4.30. The van der Waals surface area contributed by atoms with Crippen LogP contribution in [-0.4, -0.2) is 22.1 Å². The van der Waals surface area contributed by atoms with Crippen molar-refractivity contribution in [2.45, 2.75) is 42.8 Å². The molecule has 0 heterocycles. The standard InChI is InChI=1S/C14H20O2S.Cl2O2S/c1-3-5-10-13(9-4-2)17(15,16)14-11-7-6-8-12-14;1-5(2,3)4/h4,6-8,11-13H,2-3,5,9-10H2,1H3;. The molecule has 4 nitrogen and oxygen atoms in total. The van der Waals surface area contributed by atoms with Gasteiger partial charge in [-0.25, -0.2) is 8.42 Å². The topological polar surface area (TPSA) is 68.3 Å².